The number of aliphatic hydroxyl groups excluding tert-OH is 1. The van der Waals surface area contributed by atoms with E-state index in [1.807, 2.05) is 6.07 Å². The second-order valence-electron chi connectivity index (χ2n) is 5.55. The lowest BCUT2D eigenvalue weighted by Gasteiger charge is -2.38. The highest BCUT2D eigenvalue weighted by atomic mass is 19.1. The standard InChI is InChI=1S/C15H23FN2O/c1-11(19)15-13(16)7-4-8-14(15)18-9-5-6-12(10-18)17(2)3/h4,7-8,11-12,19H,5-6,9-10H2,1-3H3. The molecule has 106 valence electrons. The van der Waals surface area contributed by atoms with E-state index >= 15 is 0 Å². The van der Waals surface area contributed by atoms with E-state index in [2.05, 4.69) is 23.9 Å². The Balaban J connectivity index is 2.28. The first-order valence-electron chi connectivity index (χ1n) is 6.88. The predicted octanol–water partition coefficient (Wildman–Crippen LogP) is 2.41. The summed E-state index contributed by atoms with van der Waals surface area (Å²) in [6.07, 6.45) is 1.48. The highest BCUT2D eigenvalue weighted by Gasteiger charge is 2.25. The van der Waals surface area contributed by atoms with E-state index < -0.39 is 6.10 Å². The molecular formula is C15H23FN2O. The second-order valence-corrected chi connectivity index (χ2v) is 5.55. The largest absolute Gasteiger partial charge is 0.389 e. The minimum absolute atomic E-state index is 0.320. The van der Waals surface area contributed by atoms with E-state index in [0.29, 0.717) is 11.6 Å². The first kappa shape index (κ1) is 14.3. The van der Waals surface area contributed by atoms with Gasteiger partial charge in [0.1, 0.15) is 5.82 Å². The molecule has 0 amide bonds. The summed E-state index contributed by atoms with van der Waals surface area (Å²) >= 11 is 0. The van der Waals surface area contributed by atoms with Crippen LogP contribution in [0.4, 0.5) is 10.1 Å². The molecule has 3 nitrogen and oxygen atoms in total. The number of benzene rings is 1. The van der Waals surface area contributed by atoms with Gasteiger partial charge in [-0.15, -0.1) is 0 Å². The third kappa shape index (κ3) is 3.07. The molecule has 0 spiro atoms. The van der Waals surface area contributed by atoms with E-state index in [1.165, 1.54) is 12.5 Å². The first-order chi connectivity index (χ1) is 9.00. The normalized spacial score (nSPS) is 21.8. The van der Waals surface area contributed by atoms with Gasteiger partial charge >= 0.3 is 0 Å². The summed E-state index contributed by atoms with van der Waals surface area (Å²) in [6, 6.07) is 5.52. The van der Waals surface area contributed by atoms with Gasteiger partial charge in [-0.2, -0.15) is 0 Å². The average molecular weight is 266 g/mol. The fourth-order valence-electron chi connectivity index (χ4n) is 2.81. The van der Waals surface area contributed by atoms with Crippen molar-refractivity contribution in [2.75, 3.05) is 32.1 Å². The summed E-state index contributed by atoms with van der Waals surface area (Å²) in [5.41, 5.74) is 1.25. The van der Waals surface area contributed by atoms with Crippen molar-refractivity contribution in [3.63, 3.8) is 0 Å². The molecule has 2 unspecified atom stereocenters. The molecule has 2 rings (SSSR count). The van der Waals surface area contributed by atoms with Gasteiger partial charge in [0.05, 0.1) is 6.10 Å². The monoisotopic (exact) mass is 266 g/mol. The predicted molar refractivity (Wildman–Crippen MR) is 76.0 cm³/mol. The zero-order valence-electron chi connectivity index (χ0n) is 11.9. The van der Waals surface area contributed by atoms with Crippen LogP contribution in [0.1, 0.15) is 31.4 Å². The average Bonchev–Trinajstić information content (AvgIpc) is 2.38. The maximum atomic E-state index is 13.9. The maximum absolute atomic E-state index is 13.9. The maximum Gasteiger partial charge on any atom is 0.131 e. The lowest BCUT2D eigenvalue weighted by molar-refractivity contribution is 0.194. The lowest BCUT2D eigenvalue weighted by atomic mass is 10.0. The molecule has 0 saturated carbocycles. The van der Waals surface area contributed by atoms with Crippen molar-refractivity contribution in [1.29, 1.82) is 0 Å². The molecule has 1 aromatic rings. The van der Waals surface area contributed by atoms with Gasteiger partial charge in [0.15, 0.2) is 0 Å². The number of hydrogen-bond donors (Lipinski definition) is 1. The molecule has 1 aromatic carbocycles. The number of hydrogen-bond acceptors (Lipinski definition) is 3. The number of anilines is 1. The fraction of sp³-hybridized carbons (Fsp3) is 0.600. The molecule has 0 aliphatic carbocycles. The van der Waals surface area contributed by atoms with Gasteiger partial charge in [-0.25, -0.2) is 4.39 Å². The van der Waals surface area contributed by atoms with Crippen LogP contribution in [-0.2, 0) is 0 Å². The summed E-state index contributed by atoms with van der Waals surface area (Å²) in [5.74, 6) is -0.320. The van der Waals surface area contributed by atoms with E-state index in [0.717, 1.165) is 25.2 Å². The molecule has 2 atom stereocenters. The lowest BCUT2D eigenvalue weighted by Crippen LogP contribution is -2.45. The molecule has 0 aromatic heterocycles. The number of halogens is 1. The third-order valence-electron chi connectivity index (χ3n) is 3.92. The Morgan fingerprint density at radius 3 is 2.79 bits per heavy atom. The van der Waals surface area contributed by atoms with Crippen molar-refractivity contribution in [2.24, 2.45) is 0 Å². The van der Waals surface area contributed by atoms with E-state index in [9.17, 15) is 9.50 Å². The van der Waals surface area contributed by atoms with E-state index in [1.54, 1.807) is 13.0 Å². The molecule has 1 aliphatic heterocycles. The summed E-state index contributed by atoms with van der Waals surface area (Å²) in [7, 11) is 4.16. The number of aliphatic hydroxyl groups is 1. The van der Waals surface area contributed by atoms with Crippen LogP contribution in [0, 0.1) is 5.82 Å². The molecule has 1 aliphatic rings. The fourth-order valence-corrected chi connectivity index (χ4v) is 2.81. The third-order valence-corrected chi connectivity index (χ3v) is 3.92. The molecule has 1 heterocycles. The smallest absolute Gasteiger partial charge is 0.131 e. The zero-order chi connectivity index (χ0) is 14.0. The first-order valence-corrected chi connectivity index (χ1v) is 6.88. The molecule has 0 radical (unpaired) electrons. The zero-order valence-corrected chi connectivity index (χ0v) is 11.9. The van der Waals surface area contributed by atoms with Gasteiger partial charge in [0, 0.05) is 30.4 Å². The van der Waals surface area contributed by atoms with Crippen molar-refractivity contribution in [2.45, 2.75) is 31.9 Å². The molecule has 1 saturated heterocycles. The van der Waals surface area contributed by atoms with E-state index in [-0.39, 0.29) is 5.82 Å². The summed E-state index contributed by atoms with van der Waals surface area (Å²) in [5, 5.41) is 9.81. The van der Waals surface area contributed by atoms with Gasteiger partial charge in [-0.1, -0.05) is 6.07 Å². The van der Waals surface area contributed by atoms with Crippen LogP contribution < -0.4 is 4.90 Å². The summed E-state index contributed by atoms with van der Waals surface area (Å²) < 4.78 is 13.9. The highest BCUT2D eigenvalue weighted by molar-refractivity contribution is 5.55. The Labute approximate surface area is 114 Å². The summed E-state index contributed by atoms with van der Waals surface area (Å²) in [4.78, 5) is 4.41. The topological polar surface area (TPSA) is 26.7 Å². The van der Waals surface area contributed by atoms with Crippen molar-refractivity contribution in [3.8, 4) is 0 Å². The second kappa shape index (κ2) is 5.88. The van der Waals surface area contributed by atoms with Gasteiger partial charge in [-0.3, -0.25) is 0 Å². The van der Waals surface area contributed by atoms with Crippen LogP contribution in [0.25, 0.3) is 0 Å². The number of likely N-dealkylation sites (N-methyl/N-ethyl adjacent to an activating group) is 1. The van der Waals surface area contributed by atoms with Crippen molar-refractivity contribution >= 4 is 5.69 Å². The van der Waals surface area contributed by atoms with Gasteiger partial charge in [0.25, 0.3) is 0 Å². The number of rotatable bonds is 3. The molecule has 19 heavy (non-hydrogen) atoms. The number of piperidine rings is 1. The highest BCUT2D eigenvalue weighted by Crippen LogP contribution is 2.31. The minimum atomic E-state index is -0.782. The molecule has 1 N–H and O–H groups in total. The van der Waals surface area contributed by atoms with Crippen LogP contribution in [0.15, 0.2) is 18.2 Å². The minimum Gasteiger partial charge on any atom is -0.389 e. The Morgan fingerprint density at radius 2 is 2.16 bits per heavy atom. The van der Waals surface area contributed by atoms with Crippen LogP contribution in [0.2, 0.25) is 0 Å². The van der Waals surface area contributed by atoms with Crippen molar-refractivity contribution in [1.82, 2.24) is 4.90 Å². The molecule has 0 bridgehead atoms. The van der Waals surface area contributed by atoms with Crippen LogP contribution in [-0.4, -0.2) is 43.2 Å². The molecule has 1 fully saturated rings. The van der Waals surface area contributed by atoms with E-state index in [4.69, 9.17) is 0 Å². The SMILES string of the molecule is CC(O)c1c(F)cccc1N1CCCC(N(C)C)C1. The van der Waals surface area contributed by atoms with Gasteiger partial charge < -0.3 is 14.9 Å². The molecular weight excluding hydrogens is 243 g/mol. The Hall–Kier alpha value is -1.13. The van der Waals surface area contributed by atoms with Gasteiger partial charge in [-0.05, 0) is 46.0 Å². The molecule has 4 heteroatoms. The Kier molecular flexibility index (Phi) is 4.42. The van der Waals surface area contributed by atoms with Crippen molar-refractivity contribution < 1.29 is 9.50 Å². The number of nitrogens with zero attached hydrogens (tertiary/aromatic N) is 2. The van der Waals surface area contributed by atoms with Crippen molar-refractivity contribution in [3.05, 3.63) is 29.6 Å². The quantitative estimate of drug-likeness (QED) is 0.910. The van der Waals surface area contributed by atoms with Gasteiger partial charge in [0.2, 0.25) is 0 Å². The van der Waals surface area contributed by atoms with Crippen LogP contribution in [0.5, 0.6) is 0 Å². The Morgan fingerprint density at radius 1 is 1.42 bits per heavy atom. The van der Waals surface area contributed by atoms with Crippen LogP contribution in [0.3, 0.4) is 0 Å². The Bertz CT molecular complexity index is 434. The van der Waals surface area contributed by atoms with Crippen LogP contribution >= 0.6 is 0 Å². The summed E-state index contributed by atoms with van der Waals surface area (Å²) in [6.45, 7) is 3.43.